The molecule has 0 atom stereocenters. The number of esters is 1. The quantitative estimate of drug-likeness (QED) is 0.135. The van der Waals surface area contributed by atoms with Crippen molar-refractivity contribution in [2.75, 3.05) is 0 Å². The summed E-state index contributed by atoms with van der Waals surface area (Å²) in [6.45, 7) is 6.34. The smallest absolute Gasteiger partial charge is 0.343 e. The van der Waals surface area contributed by atoms with E-state index in [2.05, 4.69) is 20.8 Å². The van der Waals surface area contributed by atoms with Gasteiger partial charge in [0.15, 0.2) is 0 Å². The van der Waals surface area contributed by atoms with Crippen LogP contribution >= 0.6 is 11.8 Å². The van der Waals surface area contributed by atoms with Crippen LogP contribution in [0.2, 0.25) is 0 Å². The summed E-state index contributed by atoms with van der Waals surface area (Å²) in [6.07, 6.45) is 0. The molecule has 0 heterocycles. The molecule has 0 aliphatic heterocycles. The van der Waals surface area contributed by atoms with Crippen LogP contribution < -0.4 is 4.74 Å². The SMILES string of the molecule is CC(C)(C)c1ccc(C(=O)Oc2ccc3ccccc3c2Sc2ccccc2[N+](=O)[O-])cc1. The average molecular weight is 458 g/mol. The first-order chi connectivity index (χ1) is 15.7. The van der Waals surface area contributed by atoms with Crippen molar-refractivity contribution >= 4 is 34.2 Å². The van der Waals surface area contributed by atoms with Gasteiger partial charge in [0.1, 0.15) is 5.75 Å². The third-order valence-electron chi connectivity index (χ3n) is 5.31. The van der Waals surface area contributed by atoms with Gasteiger partial charge in [-0.15, -0.1) is 0 Å². The highest BCUT2D eigenvalue weighted by Gasteiger charge is 2.20. The highest BCUT2D eigenvalue weighted by molar-refractivity contribution is 7.99. The molecule has 0 aliphatic rings. The van der Waals surface area contributed by atoms with Gasteiger partial charge in [-0.2, -0.15) is 0 Å². The Balaban J connectivity index is 1.73. The van der Waals surface area contributed by atoms with Crippen molar-refractivity contribution in [3.63, 3.8) is 0 Å². The van der Waals surface area contributed by atoms with Gasteiger partial charge >= 0.3 is 5.97 Å². The molecule has 5 nitrogen and oxygen atoms in total. The van der Waals surface area contributed by atoms with E-state index in [-0.39, 0.29) is 11.1 Å². The second-order valence-electron chi connectivity index (χ2n) is 8.66. The Morgan fingerprint density at radius 3 is 2.24 bits per heavy atom. The predicted octanol–water partition coefficient (Wildman–Crippen LogP) is 7.42. The molecule has 0 aromatic heterocycles. The number of nitrogens with zero attached hydrogens (tertiary/aromatic N) is 1. The third kappa shape index (κ3) is 4.91. The first-order valence-electron chi connectivity index (χ1n) is 10.5. The molecule has 4 aromatic rings. The zero-order valence-corrected chi connectivity index (χ0v) is 19.4. The van der Waals surface area contributed by atoms with Crippen LogP contribution in [-0.2, 0) is 5.41 Å². The van der Waals surface area contributed by atoms with Crippen molar-refractivity contribution in [3.05, 3.63) is 106 Å². The maximum Gasteiger partial charge on any atom is 0.343 e. The fourth-order valence-corrected chi connectivity index (χ4v) is 4.60. The maximum atomic E-state index is 13.0. The third-order valence-corrected chi connectivity index (χ3v) is 6.50. The van der Waals surface area contributed by atoms with Gasteiger partial charge in [0.2, 0.25) is 0 Å². The molecule has 0 spiro atoms. The lowest BCUT2D eigenvalue weighted by molar-refractivity contribution is -0.387. The summed E-state index contributed by atoms with van der Waals surface area (Å²) >= 11 is 1.22. The van der Waals surface area contributed by atoms with Gasteiger partial charge in [-0.25, -0.2) is 4.79 Å². The Kier molecular flexibility index (Phi) is 6.20. The number of fused-ring (bicyclic) bond motifs is 1. The van der Waals surface area contributed by atoms with E-state index in [0.717, 1.165) is 16.3 Å². The number of para-hydroxylation sites is 1. The van der Waals surface area contributed by atoms with Crippen molar-refractivity contribution in [2.24, 2.45) is 0 Å². The molecular weight excluding hydrogens is 434 g/mol. The molecule has 0 amide bonds. The standard InChI is InChI=1S/C27H23NO4S/c1-27(2,3)20-15-12-19(13-16-20)26(29)32-23-17-14-18-8-4-5-9-21(18)25(23)33-24-11-7-6-10-22(24)28(30)31/h4-17H,1-3H3. The van der Waals surface area contributed by atoms with Gasteiger partial charge in [0.05, 0.1) is 20.3 Å². The van der Waals surface area contributed by atoms with E-state index in [0.29, 0.717) is 21.1 Å². The number of carbonyl (C=O) groups is 1. The lowest BCUT2D eigenvalue weighted by Gasteiger charge is -2.19. The van der Waals surface area contributed by atoms with Crippen molar-refractivity contribution in [1.82, 2.24) is 0 Å². The van der Waals surface area contributed by atoms with Crippen molar-refractivity contribution < 1.29 is 14.5 Å². The molecule has 0 N–H and O–H groups in total. The van der Waals surface area contributed by atoms with E-state index in [1.165, 1.54) is 17.8 Å². The number of carbonyl (C=O) groups excluding carboxylic acids is 1. The first kappa shape index (κ1) is 22.6. The second-order valence-corrected chi connectivity index (χ2v) is 9.71. The normalized spacial score (nSPS) is 11.4. The van der Waals surface area contributed by atoms with Crippen LogP contribution in [0, 0.1) is 10.1 Å². The molecular formula is C27H23NO4S. The van der Waals surface area contributed by atoms with E-state index >= 15 is 0 Å². The minimum Gasteiger partial charge on any atom is -0.422 e. The van der Waals surface area contributed by atoms with E-state index < -0.39 is 10.9 Å². The molecule has 4 rings (SSSR count). The lowest BCUT2D eigenvalue weighted by atomic mass is 9.87. The molecule has 0 unspecified atom stereocenters. The molecule has 0 saturated heterocycles. The Labute approximate surface area is 196 Å². The summed E-state index contributed by atoms with van der Waals surface area (Å²) in [4.78, 5) is 25.2. The molecule has 0 saturated carbocycles. The Hall–Kier alpha value is -3.64. The summed E-state index contributed by atoms with van der Waals surface area (Å²) in [6, 6.07) is 25.2. The fourth-order valence-electron chi connectivity index (χ4n) is 3.48. The minimum absolute atomic E-state index is 0.00507. The number of hydrogen-bond acceptors (Lipinski definition) is 5. The molecule has 4 aromatic carbocycles. The van der Waals surface area contributed by atoms with Crippen LogP contribution in [0.3, 0.4) is 0 Å². The number of benzene rings is 4. The first-order valence-corrected chi connectivity index (χ1v) is 11.3. The number of hydrogen-bond donors (Lipinski definition) is 0. The van der Waals surface area contributed by atoms with Crippen LogP contribution in [0.25, 0.3) is 10.8 Å². The fraction of sp³-hybridized carbons (Fsp3) is 0.148. The summed E-state index contributed by atoms with van der Waals surface area (Å²) < 4.78 is 5.81. The average Bonchev–Trinajstić information content (AvgIpc) is 2.80. The largest absolute Gasteiger partial charge is 0.422 e. The van der Waals surface area contributed by atoms with E-state index in [4.69, 9.17) is 4.74 Å². The van der Waals surface area contributed by atoms with Crippen LogP contribution in [0.15, 0.2) is 94.7 Å². The van der Waals surface area contributed by atoms with Gasteiger partial charge in [-0.05, 0) is 46.0 Å². The van der Waals surface area contributed by atoms with Crippen molar-refractivity contribution in [2.45, 2.75) is 36.0 Å². The van der Waals surface area contributed by atoms with Crippen LogP contribution in [-0.4, -0.2) is 10.9 Å². The monoisotopic (exact) mass is 457 g/mol. The predicted molar refractivity (Wildman–Crippen MR) is 131 cm³/mol. The lowest BCUT2D eigenvalue weighted by Crippen LogP contribution is -2.13. The second kappa shape index (κ2) is 9.08. The number of ether oxygens (including phenoxy) is 1. The Bertz CT molecular complexity index is 1340. The van der Waals surface area contributed by atoms with Gasteiger partial charge in [-0.3, -0.25) is 10.1 Å². The zero-order chi connectivity index (χ0) is 23.6. The Morgan fingerprint density at radius 2 is 1.55 bits per heavy atom. The summed E-state index contributed by atoms with van der Waals surface area (Å²) in [7, 11) is 0. The Morgan fingerprint density at radius 1 is 0.879 bits per heavy atom. The molecule has 6 heteroatoms. The number of nitro groups is 1. The van der Waals surface area contributed by atoms with E-state index in [1.807, 2.05) is 42.5 Å². The topological polar surface area (TPSA) is 69.4 Å². The van der Waals surface area contributed by atoms with Gasteiger partial charge in [-0.1, -0.05) is 87.1 Å². The maximum absolute atomic E-state index is 13.0. The molecule has 0 fully saturated rings. The summed E-state index contributed by atoms with van der Waals surface area (Å²) in [5.74, 6) is -0.114. The number of nitro benzene ring substituents is 1. The van der Waals surface area contributed by atoms with Crippen molar-refractivity contribution in [3.8, 4) is 5.75 Å². The molecule has 166 valence electrons. The van der Waals surface area contributed by atoms with Crippen molar-refractivity contribution in [1.29, 1.82) is 0 Å². The summed E-state index contributed by atoms with van der Waals surface area (Å²) in [5.41, 5.74) is 1.55. The van der Waals surface area contributed by atoms with Gasteiger partial charge < -0.3 is 4.74 Å². The minimum atomic E-state index is -0.477. The molecule has 0 aliphatic carbocycles. The molecule has 0 radical (unpaired) electrons. The highest BCUT2D eigenvalue weighted by atomic mass is 32.2. The van der Waals surface area contributed by atoms with Crippen LogP contribution in [0.5, 0.6) is 5.75 Å². The van der Waals surface area contributed by atoms with E-state index in [9.17, 15) is 14.9 Å². The molecule has 33 heavy (non-hydrogen) atoms. The van der Waals surface area contributed by atoms with E-state index in [1.54, 1.807) is 36.4 Å². The van der Waals surface area contributed by atoms with Gasteiger partial charge in [0, 0.05) is 6.07 Å². The highest BCUT2D eigenvalue weighted by Crippen LogP contribution is 2.43. The summed E-state index contributed by atoms with van der Waals surface area (Å²) in [5, 5.41) is 13.3. The van der Waals surface area contributed by atoms with Crippen LogP contribution in [0.1, 0.15) is 36.7 Å². The molecule has 0 bridgehead atoms. The van der Waals surface area contributed by atoms with Crippen LogP contribution in [0.4, 0.5) is 5.69 Å². The zero-order valence-electron chi connectivity index (χ0n) is 18.6. The number of rotatable bonds is 5. The van der Waals surface area contributed by atoms with Gasteiger partial charge in [0.25, 0.3) is 5.69 Å².